The van der Waals surface area contributed by atoms with E-state index in [-0.39, 0.29) is 18.0 Å². The Morgan fingerprint density at radius 2 is 1.94 bits per heavy atom. The molecule has 18 heavy (non-hydrogen) atoms. The number of hydrogen-bond donors (Lipinski definition) is 0. The molecule has 1 rings (SSSR count). The Labute approximate surface area is 108 Å². The summed E-state index contributed by atoms with van der Waals surface area (Å²) in [5, 5.41) is 4.16. The predicted octanol–water partition coefficient (Wildman–Crippen LogP) is 1.57. The molecule has 0 aliphatic carbocycles. The molecule has 1 heterocycles. The molecular formula is C12H19N3O2S. The first kappa shape index (κ1) is 14.7. The second-order valence-electron chi connectivity index (χ2n) is 3.83. The molecule has 0 atom stereocenters. The standard InChI is InChI=1S/C12H19N3O2S/c1-5-8-15(9-6-2)18(16,17)12-10-14(7-3)13-11(12)4/h5-6,10H,1-2,7-9H2,3-4H3. The maximum atomic E-state index is 12.4. The average molecular weight is 269 g/mol. The lowest BCUT2D eigenvalue weighted by Gasteiger charge is -2.18. The molecule has 5 nitrogen and oxygen atoms in total. The highest BCUT2D eigenvalue weighted by molar-refractivity contribution is 7.89. The Morgan fingerprint density at radius 3 is 2.33 bits per heavy atom. The molecule has 0 spiro atoms. The zero-order chi connectivity index (χ0) is 13.8. The summed E-state index contributed by atoms with van der Waals surface area (Å²) in [5.74, 6) is 0. The highest BCUT2D eigenvalue weighted by atomic mass is 32.2. The maximum absolute atomic E-state index is 12.4. The Kier molecular flexibility index (Phi) is 4.86. The summed E-state index contributed by atoms with van der Waals surface area (Å²) in [7, 11) is -3.54. The van der Waals surface area contributed by atoms with Gasteiger partial charge >= 0.3 is 0 Å². The van der Waals surface area contributed by atoms with E-state index in [0.717, 1.165) is 0 Å². The molecule has 0 aromatic carbocycles. The fraction of sp³-hybridized carbons (Fsp3) is 0.417. The largest absolute Gasteiger partial charge is 0.271 e. The molecule has 0 amide bonds. The quantitative estimate of drug-likeness (QED) is 0.706. The molecule has 0 fully saturated rings. The van der Waals surface area contributed by atoms with Gasteiger partial charge in [-0.25, -0.2) is 8.42 Å². The zero-order valence-electron chi connectivity index (χ0n) is 10.8. The molecule has 0 aliphatic rings. The Balaban J connectivity index is 3.20. The van der Waals surface area contributed by atoms with Crippen LogP contribution >= 0.6 is 0 Å². The van der Waals surface area contributed by atoms with Gasteiger partial charge in [-0.05, 0) is 13.8 Å². The van der Waals surface area contributed by atoms with Crippen molar-refractivity contribution >= 4 is 10.0 Å². The SMILES string of the molecule is C=CCN(CC=C)S(=O)(=O)c1cn(CC)nc1C. The van der Waals surface area contributed by atoms with Gasteiger partial charge in [0.25, 0.3) is 0 Å². The minimum Gasteiger partial charge on any atom is -0.271 e. The normalized spacial score (nSPS) is 11.7. The van der Waals surface area contributed by atoms with E-state index in [1.807, 2.05) is 6.92 Å². The summed E-state index contributed by atoms with van der Waals surface area (Å²) >= 11 is 0. The van der Waals surface area contributed by atoms with Crippen LogP contribution in [0.5, 0.6) is 0 Å². The summed E-state index contributed by atoms with van der Waals surface area (Å²) in [4.78, 5) is 0.244. The van der Waals surface area contributed by atoms with Crippen molar-refractivity contribution in [2.75, 3.05) is 13.1 Å². The molecule has 0 bridgehead atoms. The van der Waals surface area contributed by atoms with Gasteiger partial charge in [-0.15, -0.1) is 13.2 Å². The molecule has 0 aliphatic heterocycles. The number of aryl methyl sites for hydroxylation is 2. The molecule has 1 aromatic rings. The van der Waals surface area contributed by atoms with Crippen LogP contribution in [0.1, 0.15) is 12.6 Å². The molecular weight excluding hydrogens is 250 g/mol. The van der Waals surface area contributed by atoms with Crippen LogP contribution in [-0.4, -0.2) is 35.6 Å². The van der Waals surface area contributed by atoms with Crippen molar-refractivity contribution in [3.8, 4) is 0 Å². The van der Waals surface area contributed by atoms with Gasteiger partial charge in [0, 0.05) is 25.8 Å². The van der Waals surface area contributed by atoms with E-state index in [2.05, 4.69) is 18.3 Å². The maximum Gasteiger partial charge on any atom is 0.247 e. The minimum absolute atomic E-state index is 0.244. The van der Waals surface area contributed by atoms with Gasteiger partial charge in [-0.3, -0.25) is 4.68 Å². The van der Waals surface area contributed by atoms with E-state index >= 15 is 0 Å². The number of sulfonamides is 1. The van der Waals surface area contributed by atoms with Crippen LogP contribution in [-0.2, 0) is 16.6 Å². The third kappa shape index (κ3) is 2.88. The van der Waals surface area contributed by atoms with Gasteiger partial charge in [-0.2, -0.15) is 9.40 Å². The van der Waals surface area contributed by atoms with E-state index in [9.17, 15) is 8.42 Å². The molecule has 100 valence electrons. The lowest BCUT2D eigenvalue weighted by atomic mass is 10.5. The van der Waals surface area contributed by atoms with Crippen molar-refractivity contribution in [1.29, 1.82) is 0 Å². The Bertz CT molecular complexity index is 522. The monoisotopic (exact) mass is 269 g/mol. The van der Waals surface area contributed by atoms with Crippen molar-refractivity contribution in [3.63, 3.8) is 0 Å². The van der Waals surface area contributed by atoms with Gasteiger partial charge in [0.1, 0.15) is 4.90 Å². The fourth-order valence-corrected chi connectivity index (χ4v) is 3.16. The number of aromatic nitrogens is 2. The van der Waals surface area contributed by atoms with Crippen LogP contribution in [0.2, 0.25) is 0 Å². The van der Waals surface area contributed by atoms with Crippen LogP contribution in [0.3, 0.4) is 0 Å². The summed E-state index contributed by atoms with van der Waals surface area (Å²) in [6.45, 7) is 11.9. The molecule has 0 N–H and O–H groups in total. The van der Waals surface area contributed by atoms with Gasteiger partial charge in [0.05, 0.1) is 5.69 Å². The van der Waals surface area contributed by atoms with E-state index in [4.69, 9.17) is 0 Å². The second-order valence-corrected chi connectivity index (χ2v) is 5.74. The molecule has 0 unspecified atom stereocenters. The van der Waals surface area contributed by atoms with Crippen molar-refractivity contribution in [1.82, 2.24) is 14.1 Å². The lowest BCUT2D eigenvalue weighted by molar-refractivity contribution is 0.473. The highest BCUT2D eigenvalue weighted by Crippen LogP contribution is 2.18. The van der Waals surface area contributed by atoms with Crippen LogP contribution in [0.25, 0.3) is 0 Å². The van der Waals surface area contributed by atoms with Gasteiger partial charge < -0.3 is 0 Å². The molecule has 6 heteroatoms. The van der Waals surface area contributed by atoms with Crippen molar-refractivity contribution < 1.29 is 8.42 Å². The fourth-order valence-electron chi connectivity index (χ4n) is 1.61. The first-order chi connectivity index (χ1) is 8.47. The van der Waals surface area contributed by atoms with Crippen molar-refractivity contribution in [2.24, 2.45) is 0 Å². The molecule has 0 saturated heterocycles. The zero-order valence-corrected chi connectivity index (χ0v) is 11.7. The number of nitrogens with zero attached hydrogens (tertiary/aromatic N) is 3. The summed E-state index contributed by atoms with van der Waals surface area (Å²) < 4.78 is 27.8. The molecule has 1 aromatic heterocycles. The predicted molar refractivity (Wildman–Crippen MR) is 71.8 cm³/mol. The van der Waals surface area contributed by atoms with Crippen LogP contribution in [0.4, 0.5) is 0 Å². The first-order valence-electron chi connectivity index (χ1n) is 5.73. The van der Waals surface area contributed by atoms with E-state index in [1.165, 1.54) is 4.31 Å². The van der Waals surface area contributed by atoms with Crippen LogP contribution in [0, 0.1) is 6.92 Å². The highest BCUT2D eigenvalue weighted by Gasteiger charge is 2.26. The third-order valence-electron chi connectivity index (χ3n) is 2.51. The van der Waals surface area contributed by atoms with E-state index < -0.39 is 10.0 Å². The van der Waals surface area contributed by atoms with Gasteiger partial charge in [-0.1, -0.05) is 12.2 Å². The summed E-state index contributed by atoms with van der Waals surface area (Å²) in [5.41, 5.74) is 0.509. The van der Waals surface area contributed by atoms with Gasteiger partial charge in [0.15, 0.2) is 0 Å². The van der Waals surface area contributed by atoms with Crippen molar-refractivity contribution in [3.05, 3.63) is 37.2 Å². The minimum atomic E-state index is -3.54. The topological polar surface area (TPSA) is 55.2 Å². The Morgan fingerprint density at radius 1 is 1.39 bits per heavy atom. The van der Waals surface area contributed by atoms with Gasteiger partial charge in [0.2, 0.25) is 10.0 Å². The third-order valence-corrected chi connectivity index (χ3v) is 4.44. The summed E-state index contributed by atoms with van der Waals surface area (Å²) in [6.07, 6.45) is 4.67. The van der Waals surface area contributed by atoms with Crippen LogP contribution in [0.15, 0.2) is 36.4 Å². The smallest absolute Gasteiger partial charge is 0.247 e. The molecule has 0 saturated carbocycles. The molecule has 0 radical (unpaired) electrons. The van der Waals surface area contributed by atoms with E-state index in [0.29, 0.717) is 12.2 Å². The summed E-state index contributed by atoms with van der Waals surface area (Å²) in [6, 6.07) is 0. The first-order valence-corrected chi connectivity index (χ1v) is 7.17. The number of hydrogen-bond acceptors (Lipinski definition) is 3. The van der Waals surface area contributed by atoms with E-state index in [1.54, 1.807) is 30.0 Å². The average Bonchev–Trinajstić information content (AvgIpc) is 2.71. The van der Waals surface area contributed by atoms with Crippen LogP contribution < -0.4 is 0 Å². The van der Waals surface area contributed by atoms with Crippen molar-refractivity contribution in [2.45, 2.75) is 25.3 Å². The lowest BCUT2D eigenvalue weighted by Crippen LogP contribution is -2.31. The number of rotatable bonds is 7. The Hall–Kier alpha value is -1.40. The second kappa shape index (κ2) is 5.97.